The van der Waals surface area contributed by atoms with E-state index >= 15 is 0 Å². The summed E-state index contributed by atoms with van der Waals surface area (Å²) < 4.78 is 0. The molecule has 2 amide bonds. The molecule has 90 valence electrons. The molecule has 0 rings (SSSR count). The summed E-state index contributed by atoms with van der Waals surface area (Å²) in [5.41, 5.74) is 0. The molecule has 1 unspecified atom stereocenters. The van der Waals surface area contributed by atoms with Gasteiger partial charge in [0.25, 0.3) is 0 Å². The molecule has 5 heteroatoms. The number of hydrogen-bond acceptors (Lipinski definition) is 3. The molecule has 2 N–H and O–H groups in total. The molecule has 0 aliphatic carbocycles. The van der Waals surface area contributed by atoms with E-state index < -0.39 is 5.92 Å². The molecule has 0 aliphatic rings. The third-order valence-corrected chi connectivity index (χ3v) is 2.08. The van der Waals surface area contributed by atoms with Gasteiger partial charge in [0.1, 0.15) is 5.92 Å². The van der Waals surface area contributed by atoms with Gasteiger partial charge in [-0.2, -0.15) is 5.26 Å². The summed E-state index contributed by atoms with van der Waals surface area (Å²) in [5, 5.41) is 13.8. The number of hydrogen-bond donors (Lipinski definition) is 2. The van der Waals surface area contributed by atoms with Crippen LogP contribution < -0.4 is 10.6 Å². The normalized spacial score (nSPS) is 11.7. The summed E-state index contributed by atoms with van der Waals surface area (Å²) in [6.45, 7) is 6.07. The number of nitrogens with zero attached hydrogens (tertiary/aromatic N) is 1. The molecule has 0 aromatic carbocycles. The van der Waals surface area contributed by atoms with Crippen molar-refractivity contribution in [2.45, 2.75) is 27.2 Å². The van der Waals surface area contributed by atoms with E-state index in [0.717, 1.165) is 6.42 Å². The third kappa shape index (κ3) is 5.35. The van der Waals surface area contributed by atoms with Gasteiger partial charge in [0.2, 0.25) is 11.8 Å². The summed E-state index contributed by atoms with van der Waals surface area (Å²) >= 11 is 0. The number of carbonyl (C=O) groups is 2. The Balaban J connectivity index is 3.97. The van der Waals surface area contributed by atoms with Crippen LogP contribution >= 0.6 is 0 Å². The lowest BCUT2D eigenvalue weighted by Crippen LogP contribution is -2.40. The van der Waals surface area contributed by atoms with Crippen molar-refractivity contribution in [3.05, 3.63) is 0 Å². The standard InChI is InChI=1S/C11H19N3O2/c1-4-5-13-10(15)7-14-11(16)9(6-12)8(2)3/h8-9H,4-5,7H2,1-3H3,(H,13,15)(H,14,16). The third-order valence-electron chi connectivity index (χ3n) is 2.08. The van der Waals surface area contributed by atoms with Crippen LogP contribution in [0.1, 0.15) is 27.2 Å². The lowest BCUT2D eigenvalue weighted by atomic mass is 9.97. The van der Waals surface area contributed by atoms with Crippen LogP contribution in [0.4, 0.5) is 0 Å². The molecule has 5 nitrogen and oxygen atoms in total. The van der Waals surface area contributed by atoms with Crippen LogP contribution in [0.5, 0.6) is 0 Å². The molecule has 0 heterocycles. The van der Waals surface area contributed by atoms with E-state index in [1.807, 2.05) is 13.0 Å². The largest absolute Gasteiger partial charge is 0.355 e. The number of carbonyl (C=O) groups excluding carboxylic acids is 2. The van der Waals surface area contributed by atoms with Gasteiger partial charge in [-0.05, 0) is 12.3 Å². The van der Waals surface area contributed by atoms with Crippen molar-refractivity contribution in [1.29, 1.82) is 5.26 Å². The Morgan fingerprint density at radius 3 is 2.38 bits per heavy atom. The van der Waals surface area contributed by atoms with E-state index in [9.17, 15) is 9.59 Å². The molecule has 0 aliphatic heterocycles. The van der Waals surface area contributed by atoms with Gasteiger partial charge in [-0.3, -0.25) is 9.59 Å². The second-order valence-corrected chi connectivity index (χ2v) is 3.92. The highest BCUT2D eigenvalue weighted by Gasteiger charge is 2.21. The molecule has 16 heavy (non-hydrogen) atoms. The van der Waals surface area contributed by atoms with Crippen molar-refractivity contribution in [1.82, 2.24) is 10.6 Å². The molecule has 0 radical (unpaired) electrons. The topological polar surface area (TPSA) is 82.0 Å². The molecule has 0 spiro atoms. The first-order chi connectivity index (χ1) is 7.52. The number of nitriles is 1. The smallest absolute Gasteiger partial charge is 0.239 e. The summed E-state index contributed by atoms with van der Waals surface area (Å²) in [5.74, 6) is -1.36. The zero-order chi connectivity index (χ0) is 12.6. The van der Waals surface area contributed by atoms with Crippen LogP contribution in [0.2, 0.25) is 0 Å². The lowest BCUT2D eigenvalue weighted by molar-refractivity contribution is -0.128. The number of amides is 2. The van der Waals surface area contributed by atoms with Crippen molar-refractivity contribution >= 4 is 11.8 Å². The highest BCUT2D eigenvalue weighted by atomic mass is 16.2. The van der Waals surface area contributed by atoms with E-state index in [1.54, 1.807) is 13.8 Å². The summed E-state index contributed by atoms with van der Waals surface area (Å²) in [4.78, 5) is 22.7. The monoisotopic (exact) mass is 225 g/mol. The van der Waals surface area contributed by atoms with Crippen LogP contribution in [0, 0.1) is 23.2 Å². The van der Waals surface area contributed by atoms with Crippen LogP contribution in [0.25, 0.3) is 0 Å². The zero-order valence-electron chi connectivity index (χ0n) is 10.0. The molecule has 1 atom stereocenters. The highest BCUT2D eigenvalue weighted by Crippen LogP contribution is 2.08. The van der Waals surface area contributed by atoms with Gasteiger partial charge in [-0.25, -0.2) is 0 Å². The van der Waals surface area contributed by atoms with E-state index in [4.69, 9.17) is 5.26 Å². The van der Waals surface area contributed by atoms with Gasteiger partial charge >= 0.3 is 0 Å². The van der Waals surface area contributed by atoms with E-state index in [-0.39, 0.29) is 24.3 Å². The van der Waals surface area contributed by atoms with Crippen molar-refractivity contribution in [3.8, 4) is 6.07 Å². The van der Waals surface area contributed by atoms with Crippen molar-refractivity contribution in [2.75, 3.05) is 13.1 Å². The minimum atomic E-state index is -0.695. The Hall–Kier alpha value is -1.57. The summed E-state index contributed by atoms with van der Waals surface area (Å²) in [6, 6.07) is 1.92. The zero-order valence-corrected chi connectivity index (χ0v) is 10.0. The maximum Gasteiger partial charge on any atom is 0.239 e. The quantitative estimate of drug-likeness (QED) is 0.687. The highest BCUT2D eigenvalue weighted by molar-refractivity contribution is 5.87. The van der Waals surface area contributed by atoms with Crippen LogP contribution in [-0.4, -0.2) is 24.9 Å². The molecular formula is C11H19N3O2. The molecule has 0 saturated carbocycles. The van der Waals surface area contributed by atoms with Gasteiger partial charge in [0.05, 0.1) is 12.6 Å². The van der Waals surface area contributed by atoms with Gasteiger partial charge < -0.3 is 10.6 Å². The van der Waals surface area contributed by atoms with Crippen molar-refractivity contribution in [3.63, 3.8) is 0 Å². The minimum absolute atomic E-state index is 0.0521. The summed E-state index contributed by atoms with van der Waals surface area (Å²) in [6.07, 6.45) is 0.854. The predicted octanol–water partition coefficient (Wildman–Crippen LogP) is 0.425. The fourth-order valence-electron chi connectivity index (χ4n) is 1.11. The van der Waals surface area contributed by atoms with E-state index in [2.05, 4.69) is 10.6 Å². The molecule has 0 aromatic rings. The first-order valence-corrected chi connectivity index (χ1v) is 5.47. The van der Waals surface area contributed by atoms with Gasteiger partial charge in [0, 0.05) is 6.54 Å². The van der Waals surface area contributed by atoms with Gasteiger partial charge in [-0.15, -0.1) is 0 Å². The van der Waals surface area contributed by atoms with Crippen LogP contribution in [-0.2, 0) is 9.59 Å². The van der Waals surface area contributed by atoms with E-state index in [1.165, 1.54) is 0 Å². The average molecular weight is 225 g/mol. The lowest BCUT2D eigenvalue weighted by Gasteiger charge is -2.12. The molecule has 0 aromatic heterocycles. The first-order valence-electron chi connectivity index (χ1n) is 5.47. The molecular weight excluding hydrogens is 206 g/mol. The van der Waals surface area contributed by atoms with Gasteiger partial charge in [-0.1, -0.05) is 20.8 Å². The van der Waals surface area contributed by atoms with E-state index in [0.29, 0.717) is 6.54 Å². The molecule has 0 bridgehead atoms. The van der Waals surface area contributed by atoms with Gasteiger partial charge in [0.15, 0.2) is 0 Å². The van der Waals surface area contributed by atoms with Crippen LogP contribution in [0.3, 0.4) is 0 Å². The Morgan fingerprint density at radius 2 is 1.94 bits per heavy atom. The fraction of sp³-hybridized carbons (Fsp3) is 0.727. The maximum absolute atomic E-state index is 11.5. The Bertz CT molecular complexity index is 281. The Morgan fingerprint density at radius 1 is 1.31 bits per heavy atom. The average Bonchev–Trinajstić information content (AvgIpc) is 2.23. The minimum Gasteiger partial charge on any atom is -0.355 e. The Kier molecular flexibility index (Phi) is 6.93. The number of rotatable bonds is 6. The maximum atomic E-state index is 11.5. The predicted molar refractivity (Wildman–Crippen MR) is 60.3 cm³/mol. The first kappa shape index (κ1) is 14.4. The second-order valence-electron chi connectivity index (χ2n) is 3.92. The second kappa shape index (κ2) is 7.69. The molecule has 0 fully saturated rings. The number of nitrogens with one attached hydrogen (secondary N) is 2. The van der Waals surface area contributed by atoms with Crippen molar-refractivity contribution in [2.24, 2.45) is 11.8 Å². The Labute approximate surface area is 96.2 Å². The van der Waals surface area contributed by atoms with Crippen molar-refractivity contribution < 1.29 is 9.59 Å². The summed E-state index contributed by atoms with van der Waals surface area (Å²) in [7, 11) is 0. The molecule has 0 saturated heterocycles. The fourth-order valence-corrected chi connectivity index (χ4v) is 1.11. The SMILES string of the molecule is CCCNC(=O)CNC(=O)C(C#N)C(C)C. The van der Waals surface area contributed by atoms with Crippen LogP contribution in [0.15, 0.2) is 0 Å².